The van der Waals surface area contributed by atoms with Crippen LogP contribution < -0.4 is 5.32 Å². The highest BCUT2D eigenvalue weighted by Crippen LogP contribution is 2.22. The molecule has 0 bridgehead atoms. The van der Waals surface area contributed by atoms with E-state index in [1.807, 2.05) is 12.1 Å². The van der Waals surface area contributed by atoms with Crippen LogP contribution in [0.2, 0.25) is 4.47 Å². The molecule has 3 aromatic rings. The molecular weight excluding hydrogens is 335 g/mol. The van der Waals surface area contributed by atoms with E-state index >= 15 is 0 Å². The number of para-hydroxylation sites is 1. The van der Waals surface area contributed by atoms with Crippen LogP contribution in [0.15, 0.2) is 54.7 Å². The predicted molar refractivity (Wildman–Crippen MR) is 90.7 cm³/mol. The highest BCUT2D eigenvalue weighted by atomic mass is 35.5. The standard InChI is InChI=1S/C17H12ClFN2OS/c18-17-21-10-13(23-17)9-20-15-4-2-1-3-14(15)16(22)11-5-7-12(19)8-6-11/h1-8,10,20H,9H2. The summed E-state index contributed by atoms with van der Waals surface area (Å²) in [5.41, 5.74) is 1.70. The molecule has 0 aliphatic carbocycles. The molecule has 0 unspecified atom stereocenters. The number of anilines is 1. The second-order valence-corrected chi connectivity index (χ2v) is 6.51. The molecule has 3 rings (SSSR count). The Morgan fingerprint density at radius 1 is 1.17 bits per heavy atom. The second kappa shape index (κ2) is 6.89. The Hall–Kier alpha value is -2.24. The number of ketones is 1. The van der Waals surface area contributed by atoms with Crippen LogP contribution in [-0.2, 0) is 6.54 Å². The number of nitrogens with zero attached hydrogens (tertiary/aromatic N) is 1. The molecule has 1 aromatic heterocycles. The Morgan fingerprint density at radius 3 is 2.61 bits per heavy atom. The van der Waals surface area contributed by atoms with E-state index in [0.717, 1.165) is 4.88 Å². The van der Waals surface area contributed by atoms with Crippen molar-refractivity contribution in [1.29, 1.82) is 0 Å². The Labute approximate surface area is 141 Å². The third kappa shape index (κ3) is 3.75. The first kappa shape index (κ1) is 15.6. The van der Waals surface area contributed by atoms with E-state index in [0.29, 0.717) is 27.8 Å². The van der Waals surface area contributed by atoms with Crippen LogP contribution in [0.1, 0.15) is 20.8 Å². The molecule has 1 heterocycles. The van der Waals surface area contributed by atoms with Gasteiger partial charge in [-0.25, -0.2) is 9.37 Å². The molecule has 23 heavy (non-hydrogen) atoms. The summed E-state index contributed by atoms with van der Waals surface area (Å²) in [6.07, 6.45) is 1.70. The molecule has 0 saturated heterocycles. The highest BCUT2D eigenvalue weighted by Gasteiger charge is 2.13. The molecule has 6 heteroatoms. The highest BCUT2D eigenvalue weighted by molar-refractivity contribution is 7.15. The fourth-order valence-electron chi connectivity index (χ4n) is 2.14. The number of thiazole rings is 1. The third-order valence-electron chi connectivity index (χ3n) is 3.26. The van der Waals surface area contributed by atoms with Gasteiger partial charge in [0.15, 0.2) is 10.3 Å². The summed E-state index contributed by atoms with van der Waals surface area (Å²) in [5, 5.41) is 3.22. The number of carbonyl (C=O) groups excluding carboxylic acids is 1. The van der Waals surface area contributed by atoms with Gasteiger partial charge in [0.25, 0.3) is 0 Å². The Kier molecular flexibility index (Phi) is 4.69. The number of hydrogen-bond donors (Lipinski definition) is 1. The van der Waals surface area contributed by atoms with Crippen LogP contribution in [0.5, 0.6) is 0 Å². The monoisotopic (exact) mass is 346 g/mol. The van der Waals surface area contributed by atoms with E-state index in [4.69, 9.17) is 11.6 Å². The van der Waals surface area contributed by atoms with E-state index < -0.39 is 0 Å². The zero-order chi connectivity index (χ0) is 16.2. The number of halogens is 2. The lowest BCUT2D eigenvalue weighted by atomic mass is 10.0. The Bertz CT molecular complexity index is 833. The molecule has 0 spiro atoms. The Balaban J connectivity index is 1.82. The van der Waals surface area contributed by atoms with Gasteiger partial charge in [0.1, 0.15) is 5.82 Å². The first-order valence-corrected chi connectivity index (χ1v) is 8.06. The van der Waals surface area contributed by atoms with E-state index in [-0.39, 0.29) is 11.6 Å². The zero-order valence-electron chi connectivity index (χ0n) is 11.9. The lowest BCUT2D eigenvalue weighted by Gasteiger charge is -2.10. The number of rotatable bonds is 5. The van der Waals surface area contributed by atoms with Crippen LogP contribution in [0.3, 0.4) is 0 Å². The van der Waals surface area contributed by atoms with Gasteiger partial charge in [0.05, 0.1) is 6.54 Å². The normalized spacial score (nSPS) is 10.5. The molecule has 0 atom stereocenters. The summed E-state index contributed by atoms with van der Waals surface area (Å²) < 4.78 is 13.5. The van der Waals surface area contributed by atoms with E-state index in [1.54, 1.807) is 18.3 Å². The summed E-state index contributed by atoms with van der Waals surface area (Å²) in [6, 6.07) is 12.8. The molecule has 0 radical (unpaired) electrons. The summed E-state index contributed by atoms with van der Waals surface area (Å²) in [4.78, 5) is 17.6. The molecule has 0 saturated carbocycles. The topological polar surface area (TPSA) is 42.0 Å². The lowest BCUT2D eigenvalue weighted by molar-refractivity contribution is 0.103. The molecule has 116 valence electrons. The second-order valence-electron chi connectivity index (χ2n) is 4.81. The van der Waals surface area contributed by atoms with Gasteiger partial charge in [0, 0.05) is 27.9 Å². The van der Waals surface area contributed by atoms with Gasteiger partial charge in [-0.1, -0.05) is 23.7 Å². The molecule has 2 aromatic carbocycles. The first-order chi connectivity index (χ1) is 11.1. The van der Waals surface area contributed by atoms with E-state index in [1.165, 1.54) is 35.6 Å². The molecule has 0 fully saturated rings. The predicted octanol–water partition coefficient (Wildman–Crippen LogP) is 4.78. The van der Waals surface area contributed by atoms with E-state index in [2.05, 4.69) is 10.3 Å². The molecular formula is C17H12ClFN2OS. The smallest absolute Gasteiger partial charge is 0.195 e. The Morgan fingerprint density at radius 2 is 1.91 bits per heavy atom. The minimum absolute atomic E-state index is 0.157. The van der Waals surface area contributed by atoms with Gasteiger partial charge >= 0.3 is 0 Å². The summed E-state index contributed by atoms with van der Waals surface area (Å²) in [6.45, 7) is 0.526. The summed E-state index contributed by atoms with van der Waals surface area (Å²) >= 11 is 7.20. The van der Waals surface area contributed by atoms with Crippen molar-refractivity contribution in [3.8, 4) is 0 Å². The van der Waals surface area contributed by atoms with E-state index in [9.17, 15) is 9.18 Å². The largest absolute Gasteiger partial charge is 0.379 e. The molecule has 0 amide bonds. The van der Waals surface area contributed by atoms with Gasteiger partial charge in [-0.05, 0) is 36.4 Å². The number of benzene rings is 2. The minimum Gasteiger partial charge on any atom is -0.379 e. The van der Waals surface area contributed by atoms with Crippen LogP contribution >= 0.6 is 22.9 Å². The fourth-order valence-corrected chi connectivity index (χ4v) is 3.06. The minimum atomic E-state index is -0.366. The average Bonchev–Trinajstić information content (AvgIpc) is 2.99. The molecule has 1 N–H and O–H groups in total. The van der Waals surface area contributed by atoms with Crippen molar-refractivity contribution in [1.82, 2.24) is 4.98 Å². The van der Waals surface area contributed by atoms with Gasteiger partial charge in [-0.3, -0.25) is 4.79 Å². The van der Waals surface area contributed by atoms with Crippen molar-refractivity contribution >= 4 is 34.4 Å². The van der Waals surface area contributed by atoms with Crippen molar-refractivity contribution in [3.63, 3.8) is 0 Å². The van der Waals surface area contributed by atoms with Crippen molar-refractivity contribution in [2.45, 2.75) is 6.54 Å². The third-order valence-corrected chi connectivity index (χ3v) is 4.37. The maximum Gasteiger partial charge on any atom is 0.195 e. The van der Waals surface area contributed by atoms with Crippen LogP contribution in [-0.4, -0.2) is 10.8 Å². The molecule has 3 nitrogen and oxygen atoms in total. The molecule has 0 aliphatic heterocycles. The number of hydrogen-bond acceptors (Lipinski definition) is 4. The maximum atomic E-state index is 13.0. The maximum absolute atomic E-state index is 13.0. The van der Waals surface area contributed by atoms with Crippen molar-refractivity contribution in [2.24, 2.45) is 0 Å². The number of nitrogens with one attached hydrogen (secondary N) is 1. The van der Waals surface area contributed by atoms with Crippen molar-refractivity contribution in [3.05, 3.63) is 81.0 Å². The lowest BCUT2D eigenvalue weighted by Crippen LogP contribution is -2.07. The number of aromatic nitrogens is 1. The number of carbonyl (C=O) groups is 1. The van der Waals surface area contributed by atoms with Crippen LogP contribution in [0.25, 0.3) is 0 Å². The van der Waals surface area contributed by atoms with Crippen molar-refractivity contribution < 1.29 is 9.18 Å². The van der Waals surface area contributed by atoms with Gasteiger partial charge in [0.2, 0.25) is 0 Å². The summed E-state index contributed by atoms with van der Waals surface area (Å²) in [5.74, 6) is -0.523. The quantitative estimate of drug-likeness (QED) is 0.676. The first-order valence-electron chi connectivity index (χ1n) is 6.87. The van der Waals surface area contributed by atoms with Crippen molar-refractivity contribution in [2.75, 3.05) is 5.32 Å². The van der Waals surface area contributed by atoms with Crippen LogP contribution in [0, 0.1) is 5.82 Å². The SMILES string of the molecule is O=C(c1ccc(F)cc1)c1ccccc1NCc1cnc(Cl)s1. The zero-order valence-corrected chi connectivity index (χ0v) is 13.5. The van der Waals surface area contributed by atoms with Crippen LogP contribution in [0.4, 0.5) is 10.1 Å². The average molecular weight is 347 g/mol. The molecule has 0 aliphatic rings. The van der Waals surface area contributed by atoms with Gasteiger partial charge in [-0.2, -0.15) is 0 Å². The fraction of sp³-hybridized carbons (Fsp3) is 0.0588. The van der Waals surface area contributed by atoms with Gasteiger partial charge in [-0.15, -0.1) is 11.3 Å². The van der Waals surface area contributed by atoms with Gasteiger partial charge < -0.3 is 5.32 Å². The summed E-state index contributed by atoms with van der Waals surface area (Å²) in [7, 11) is 0.